The van der Waals surface area contributed by atoms with Crippen molar-refractivity contribution >= 4 is 10.0 Å². The minimum atomic E-state index is -3.02. The lowest BCUT2D eigenvalue weighted by atomic mass is 10.2. The van der Waals surface area contributed by atoms with Gasteiger partial charge in [-0.2, -0.15) is 0 Å². The molecule has 0 aliphatic carbocycles. The van der Waals surface area contributed by atoms with Crippen molar-refractivity contribution < 1.29 is 8.42 Å². The second-order valence-electron chi connectivity index (χ2n) is 4.08. The first-order valence-corrected chi connectivity index (χ1v) is 7.98. The summed E-state index contributed by atoms with van der Waals surface area (Å²) in [5.74, 6) is 0. The molecular formula is C11H26N2O2S. The fraction of sp³-hybridized carbons (Fsp3) is 1.00. The normalized spacial score (nSPS) is 12.6. The van der Waals surface area contributed by atoms with E-state index >= 15 is 0 Å². The van der Waals surface area contributed by atoms with Crippen LogP contribution in [0.5, 0.6) is 0 Å². The smallest absolute Gasteiger partial charge is 0.211 e. The van der Waals surface area contributed by atoms with Gasteiger partial charge in [-0.1, -0.05) is 20.8 Å². The summed E-state index contributed by atoms with van der Waals surface area (Å²) in [6.07, 6.45) is 4.39. The summed E-state index contributed by atoms with van der Waals surface area (Å²) in [5.41, 5.74) is 0. The lowest BCUT2D eigenvalue weighted by Gasteiger charge is -2.19. The molecule has 4 nitrogen and oxygen atoms in total. The van der Waals surface area contributed by atoms with Crippen LogP contribution in [0, 0.1) is 0 Å². The lowest BCUT2D eigenvalue weighted by molar-refractivity contribution is 0.404. The third-order valence-corrected chi connectivity index (χ3v) is 4.20. The molecule has 0 saturated carbocycles. The van der Waals surface area contributed by atoms with Crippen molar-refractivity contribution in [1.29, 1.82) is 0 Å². The van der Waals surface area contributed by atoms with Crippen LogP contribution in [0.4, 0.5) is 0 Å². The zero-order valence-corrected chi connectivity index (χ0v) is 11.8. The third-order valence-electron chi connectivity index (χ3n) is 2.82. The van der Waals surface area contributed by atoms with Crippen LogP contribution in [0.3, 0.4) is 0 Å². The highest BCUT2D eigenvalue weighted by Gasteiger charge is 2.13. The molecule has 0 heterocycles. The van der Waals surface area contributed by atoms with Gasteiger partial charge < -0.3 is 5.32 Å². The van der Waals surface area contributed by atoms with E-state index in [4.69, 9.17) is 0 Å². The highest BCUT2D eigenvalue weighted by molar-refractivity contribution is 7.88. The van der Waals surface area contributed by atoms with Gasteiger partial charge in [0.1, 0.15) is 0 Å². The van der Waals surface area contributed by atoms with E-state index in [-0.39, 0.29) is 0 Å². The molecular weight excluding hydrogens is 224 g/mol. The SMILES string of the molecule is CCC(CC)NCCCN(CC)S(C)(=O)=O. The number of sulfonamides is 1. The molecule has 0 aromatic rings. The van der Waals surface area contributed by atoms with Crippen molar-refractivity contribution in [2.45, 2.75) is 46.1 Å². The maximum atomic E-state index is 11.3. The molecule has 0 bridgehead atoms. The molecule has 16 heavy (non-hydrogen) atoms. The number of hydrogen-bond donors (Lipinski definition) is 1. The predicted octanol–water partition coefficient (Wildman–Crippen LogP) is 1.44. The lowest BCUT2D eigenvalue weighted by Crippen LogP contribution is -2.34. The number of hydrogen-bond acceptors (Lipinski definition) is 3. The first kappa shape index (κ1) is 15.9. The third kappa shape index (κ3) is 6.45. The Morgan fingerprint density at radius 1 is 1.19 bits per heavy atom. The van der Waals surface area contributed by atoms with Gasteiger partial charge in [-0.25, -0.2) is 12.7 Å². The molecule has 0 aromatic heterocycles. The molecule has 98 valence electrons. The van der Waals surface area contributed by atoms with Crippen LogP contribution < -0.4 is 5.32 Å². The summed E-state index contributed by atoms with van der Waals surface area (Å²) < 4.78 is 24.1. The molecule has 0 aliphatic rings. The number of rotatable bonds is 9. The maximum Gasteiger partial charge on any atom is 0.211 e. The molecule has 0 radical (unpaired) electrons. The zero-order valence-electron chi connectivity index (χ0n) is 11.0. The molecule has 1 N–H and O–H groups in total. The maximum absolute atomic E-state index is 11.3. The topological polar surface area (TPSA) is 49.4 Å². The Hall–Kier alpha value is -0.130. The van der Waals surface area contributed by atoms with Gasteiger partial charge in [0.25, 0.3) is 0 Å². The van der Waals surface area contributed by atoms with Crippen molar-refractivity contribution in [3.8, 4) is 0 Å². The Bertz CT molecular complexity index is 261. The summed E-state index contributed by atoms with van der Waals surface area (Å²) >= 11 is 0. The molecule has 5 heteroatoms. The predicted molar refractivity (Wildman–Crippen MR) is 69.1 cm³/mol. The average Bonchev–Trinajstić information content (AvgIpc) is 2.22. The minimum absolute atomic E-state index is 0.559. The summed E-state index contributed by atoms with van der Waals surface area (Å²) in [5, 5.41) is 3.43. The van der Waals surface area contributed by atoms with Gasteiger partial charge >= 0.3 is 0 Å². The fourth-order valence-corrected chi connectivity index (χ4v) is 2.63. The average molecular weight is 250 g/mol. The first-order valence-electron chi connectivity index (χ1n) is 6.14. The van der Waals surface area contributed by atoms with Gasteiger partial charge in [-0.15, -0.1) is 0 Å². The fourth-order valence-electron chi connectivity index (χ4n) is 1.70. The van der Waals surface area contributed by atoms with Crippen molar-refractivity contribution in [3.63, 3.8) is 0 Å². The molecule has 0 fully saturated rings. The highest BCUT2D eigenvalue weighted by atomic mass is 32.2. The summed E-state index contributed by atoms with van der Waals surface area (Å²) in [7, 11) is -3.02. The van der Waals surface area contributed by atoms with E-state index in [0.29, 0.717) is 19.1 Å². The van der Waals surface area contributed by atoms with Gasteiger partial charge in [0.15, 0.2) is 0 Å². The van der Waals surface area contributed by atoms with Crippen LogP contribution in [-0.4, -0.2) is 44.7 Å². The van der Waals surface area contributed by atoms with Gasteiger partial charge in [0.2, 0.25) is 10.0 Å². The van der Waals surface area contributed by atoms with Gasteiger partial charge in [-0.3, -0.25) is 0 Å². The molecule has 0 saturated heterocycles. The van der Waals surface area contributed by atoms with Crippen LogP contribution in [-0.2, 0) is 10.0 Å². The van der Waals surface area contributed by atoms with E-state index in [2.05, 4.69) is 19.2 Å². The standard InChI is InChI=1S/C11H26N2O2S/c1-5-11(6-2)12-9-8-10-13(7-3)16(4,14)15/h11-12H,5-10H2,1-4H3. The van der Waals surface area contributed by atoms with Crippen molar-refractivity contribution in [3.05, 3.63) is 0 Å². The van der Waals surface area contributed by atoms with Crippen molar-refractivity contribution in [2.24, 2.45) is 0 Å². The monoisotopic (exact) mass is 250 g/mol. The van der Waals surface area contributed by atoms with Crippen molar-refractivity contribution in [2.75, 3.05) is 25.9 Å². The van der Waals surface area contributed by atoms with Crippen LogP contribution in [0.25, 0.3) is 0 Å². The summed E-state index contributed by atoms with van der Waals surface area (Å²) in [6, 6.07) is 0.563. The molecule has 0 aliphatic heterocycles. The number of nitrogens with one attached hydrogen (secondary N) is 1. The van der Waals surface area contributed by atoms with Gasteiger partial charge in [0, 0.05) is 19.1 Å². The Morgan fingerprint density at radius 3 is 2.12 bits per heavy atom. The van der Waals surface area contributed by atoms with E-state index in [1.807, 2.05) is 6.92 Å². The van der Waals surface area contributed by atoms with E-state index < -0.39 is 10.0 Å². The van der Waals surface area contributed by atoms with Crippen LogP contribution in [0.1, 0.15) is 40.0 Å². The molecule has 0 spiro atoms. The van der Waals surface area contributed by atoms with E-state index in [1.54, 1.807) is 0 Å². The van der Waals surface area contributed by atoms with E-state index in [9.17, 15) is 8.42 Å². The number of nitrogens with zero attached hydrogens (tertiary/aromatic N) is 1. The summed E-state index contributed by atoms with van der Waals surface area (Å²) in [4.78, 5) is 0. The van der Waals surface area contributed by atoms with Crippen LogP contribution >= 0.6 is 0 Å². The Kier molecular flexibility index (Phi) is 7.97. The van der Waals surface area contributed by atoms with Crippen LogP contribution in [0.15, 0.2) is 0 Å². The van der Waals surface area contributed by atoms with E-state index in [0.717, 1.165) is 25.8 Å². The van der Waals surface area contributed by atoms with E-state index in [1.165, 1.54) is 10.6 Å². The Morgan fingerprint density at radius 2 is 1.75 bits per heavy atom. The zero-order chi connectivity index (χ0) is 12.6. The molecule has 0 atom stereocenters. The Balaban J connectivity index is 3.80. The van der Waals surface area contributed by atoms with Crippen molar-refractivity contribution in [1.82, 2.24) is 9.62 Å². The Labute approximate surface area is 100 Å². The summed E-state index contributed by atoms with van der Waals surface area (Å²) in [6.45, 7) is 8.26. The van der Waals surface area contributed by atoms with Crippen LogP contribution in [0.2, 0.25) is 0 Å². The second-order valence-corrected chi connectivity index (χ2v) is 6.06. The molecule has 0 unspecified atom stereocenters. The first-order chi connectivity index (χ1) is 7.45. The van der Waals surface area contributed by atoms with Gasteiger partial charge in [0.05, 0.1) is 6.26 Å². The van der Waals surface area contributed by atoms with Gasteiger partial charge in [-0.05, 0) is 25.8 Å². The second kappa shape index (κ2) is 8.03. The largest absolute Gasteiger partial charge is 0.314 e. The molecule has 0 aromatic carbocycles. The highest BCUT2D eigenvalue weighted by Crippen LogP contribution is 2.00. The minimum Gasteiger partial charge on any atom is -0.314 e. The quantitative estimate of drug-likeness (QED) is 0.630. The molecule has 0 rings (SSSR count). The molecule has 0 amide bonds.